The molecule has 7 nitrogen and oxygen atoms in total. The second-order valence-electron chi connectivity index (χ2n) is 7.10. The SMILES string of the molecule is CN=C(NCc1ccc(OC)c(C(=O)OC)c1)NC1CCN(c2c(F)cccc2F)C1. The molecule has 2 aromatic carbocycles. The van der Waals surface area contributed by atoms with Gasteiger partial charge in [-0.15, -0.1) is 0 Å². The molecule has 2 aromatic rings. The maximum Gasteiger partial charge on any atom is 0.341 e. The van der Waals surface area contributed by atoms with Crippen molar-refractivity contribution in [3.05, 3.63) is 59.2 Å². The van der Waals surface area contributed by atoms with E-state index < -0.39 is 17.6 Å². The summed E-state index contributed by atoms with van der Waals surface area (Å²) < 4.78 is 38.1. The molecule has 3 rings (SSSR count). The number of carbonyl (C=O) groups excluding carboxylic acids is 1. The minimum Gasteiger partial charge on any atom is -0.496 e. The molecule has 1 atom stereocenters. The molecule has 2 N–H and O–H groups in total. The molecular weight excluding hydrogens is 406 g/mol. The average Bonchev–Trinajstić information content (AvgIpc) is 3.23. The number of guanidine groups is 1. The highest BCUT2D eigenvalue weighted by Crippen LogP contribution is 2.26. The Labute approximate surface area is 180 Å². The van der Waals surface area contributed by atoms with Crippen LogP contribution in [-0.2, 0) is 11.3 Å². The molecule has 166 valence electrons. The number of esters is 1. The van der Waals surface area contributed by atoms with Crippen molar-refractivity contribution in [2.45, 2.75) is 19.0 Å². The molecule has 0 spiro atoms. The van der Waals surface area contributed by atoms with Gasteiger partial charge < -0.3 is 25.0 Å². The lowest BCUT2D eigenvalue weighted by Crippen LogP contribution is -2.44. The first-order valence-electron chi connectivity index (χ1n) is 9.88. The van der Waals surface area contributed by atoms with Gasteiger partial charge in [-0.3, -0.25) is 4.99 Å². The van der Waals surface area contributed by atoms with Crippen molar-refractivity contribution in [3.8, 4) is 5.75 Å². The maximum atomic E-state index is 14.1. The monoisotopic (exact) mass is 432 g/mol. The number of anilines is 1. The van der Waals surface area contributed by atoms with Crippen LogP contribution in [0.25, 0.3) is 0 Å². The Balaban J connectivity index is 1.60. The Morgan fingerprint density at radius 3 is 2.61 bits per heavy atom. The maximum absolute atomic E-state index is 14.1. The third-order valence-electron chi connectivity index (χ3n) is 5.14. The standard InChI is InChI=1S/C22H26F2N4O3/c1-25-22(26-12-14-7-8-19(30-2)16(11-14)21(29)31-3)27-15-9-10-28(13-15)20-17(23)5-4-6-18(20)24/h4-8,11,15H,9-10,12-13H2,1-3H3,(H2,25,26,27). The lowest BCUT2D eigenvalue weighted by atomic mass is 10.1. The second-order valence-corrected chi connectivity index (χ2v) is 7.10. The highest BCUT2D eigenvalue weighted by molar-refractivity contribution is 5.92. The Hall–Kier alpha value is -3.36. The van der Waals surface area contributed by atoms with Crippen molar-refractivity contribution >= 4 is 17.6 Å². The van der Waals surface area contributed by atoms with Gasteiger partial charge in [-0.05, 0) is 36.2 Å². The molecule has 1 heterocycles. The number of aliphatic imine (C=N–C) groups is 1. The van der Waals surface area contributed by atoms with Gasteiger partial charge >= 0.3 is 5.97 Å². The van der Waals surface area contributed by atoms with Crippen molar-refractivity contribution in [2.24, 2.45) is 4.99 Å². The Morgan fingerprint density at radius 2 is 1.97 bits per heavy atom. The zero-order chi connectivity index (χ0) is 22.4. The van der Waals surface area contributed by atoms with Gasteiger partial charge in [0, 0.05) is 32.7 Å². The van der Waals surface area contributed by atoms with Crippen LogP contribution in [0.3, 0.4) is 0 Å². The fourth-order valence-corrected chi connectivity index (χ4v) is 3.58. The van der Waals surface area contributed by atoms with Crippen molar-refractivity contribution < 1.29 is 23.0 Å². The van der Waals surface area contributed by atoms with E-state index in [1.165, 1.54) is 32.4 Å². The Bertz CT molecular complexity index is 948. The fraction of sp³-hybridized carbons (Fsp3) is 0.364. The molecule has 1 aliphatic rings. The number of methoxy groups -OCH3 is 2. The van der Waals surface area contributed by atoms with Crippen LogP contribution in [0.5, 0.6) is 5.75 Å². The summed E-state index contributed by atoms with van der Waals surface area (Å²) in [6.07, 6.45) is 0.712. The number of para-hydroxylation sites is 1. The molecule has 0 radical (unpaired) electrons. The lowest BCUT2D eigenvalue weighted by Gasteiger charge is -2.21. The van der Waals surface area contributed by atoms with Crippen LogP contribution >= 0.6 is 0 Å². The van der Waals surface area contributed by atoms with Gasteiger partial charge in [0.25, 0.3) is 0 Å². The molecule has 0 aliphatic carbocycles. The third kappa shape index (κ3) is 5.22. The molecule has 1 fully saturated rings. The summed E-state index contributed by atoms with van der Waals surface area (Å²) in [6, 6.07) is 9.10. The molecule has 9 heteroatoms. The summed E-state index contributed by atoms with van der Waals surface area (Å²) in [7, 11) is 4.45. The molecule has 1 aliphatic heterocycles. The number of benzene rings is 2. The highest BCUT2D eigenvalue weighted by Gasteiger charge is 2.27. The van der Waals surface area contributed by atoms with Crippen LogP contribution in [-0.4, -0.2) is 52.3 Å². The van der Waals surface area contributed by atoms with E-state index in [4.69, 9.17) is 9.47 Å². The number of halogens is 2. The molecule has 0 bridgehead atoms. The number of carbonyl (C=O) groups is 1. The van der Waals surface area contributed by atoms with Gasteiger partial charge in [-0.2, -0.15) is 0 Å². The van der Waals surface area contributed by atoms with E-state index in [2.05, 4.69) is 15.6 Å². The summed E-state index contributed by atoms with van der Waals surface area (Å²) in [6.45, 7) is 1.40. The van der Waals surface area contributed by atoms with Crippen molar-refractivity contribution in [1.82, 2.24) is 10.6 Å². The van der Waals surface area contributed by atoms with Crippen LogP contribution in [0.1, 0.15) is 22.3 Å². The van der Waals surface area contributed by atoms with Crippen molar-refractivity contribution in [3.63, 3.8) is 0 Å². The Morgan fingerprint density at radius 1 is 1.23 bits per heavy atom. The molecule has 31 heavy (non-hydrogen) atoms. The summed E-state index contributed by atoms with van der Waals surface area (Å²) in [5.74, 6) is -0.624. The molecule has 0 saturated carbocycles. The van der Waals surface area contributed by atoms with E-state index in [1.807, 2.05) is 6.07 Å². The minimum atomic E-state index is -0.566. The predicted octanol–water partition coefficient (Wildman–Crippen LogP) is 2.70. The third-order valence-corrected chi connectivity index (χ3v) is 5.14. The first kappa shape index (κ1) is 22.3. The smallest absolute Gasteiger partial charge is 0.341 e. The normalized spacial score (nSPS) is 16.2. The quantitative estimate of drug-likeness (QED) is 0.415. The zero-order valence-corrected chi connectivity index (χ0v) is 17.7. The van der Waals surface area contributed by atoms with Crippen LogP contribution in [0, 0.1) is 11.6 Å². The van der Waals surface area contributed by atoms with Crippen molar-refractivity contribution in [1.29, 1.82) is 0 Å². The minimum absolute atomic E-state index is 0.00307. The van der Waals surface area contributed by atoms with Gasteiger partial charge in [0.2, 0.25) is 0 Å². The van der Waals surface area contributed by atoms with Gasteiger partial charge in [0.05, 0.1) is 14.2 Å². The molecule has 1 unspecified atom stereocenters. The number of nitrogens with one attached hydrogen (secondary N) is 2. The van der Waals surface area contributed by atoms with Crippen molar-refractivity contribution in [2.75, 3.05) is 39.3 Å². The summed E-state index contributed by atoms with van der Waals surface area (Å²) >= 11 is 0. The average molecular weight is 432 g/mol. The van der Waals surface area contributed by atoms with E-state index in [0.29, 0.717) is 43.3 Å². The van der Waals surface area contributed by atoms with Gasteiger partial charge in [0.1, 0.15) is 28.6 Å². The van der Waals surface area contributed by atoms with E-state index in [-0.39, 0.29) is 11.7 Å². The largest absolute Gasteiger partial charge is 0.496 e. The van der Waals surface area contributed by atoms with E-state index in [9.17, 15) is 13.6 Å². The van der Waals surface area contributed by atoms with Crippen LogP contribution in [0.2, 0.25) is 0 Å². The van der Waals surface area contributed by atoms with E-state index in [1.54, 1.807) is 24.1 Å². The second kappa shape index (κ2) is 10.1. The predicted molar refractivity (Wildman–Crippen MR) is 115 cm³/mol. The van der Waals surface area contributed by atoms with Crippen LogP contribution in [0.4, 0.5) is 14.5 Å². The van der Waals surface area contributed by atoms with E-state index >= 15 is 0 Å². The molecular formula is C22H26F2N4O3. The first-order valence-corrected chi connectivity index (χ1v) is 9.88. The first-order chi connectivity index (χ1) is 15.0. The van der Waals surface area contributed by atoms with Gasteiger partial charge in [-0.25, -0.2) is 13.6 Å². The number of hydrogen-bond donors (Lipinski definition) is 2. The summed E-state index contributed by atoms with van der Waals surface area (Å²) in [5.41, 5.74) is 1.18. The van der Waals surface area contributed by atoms with Crippen LogP contribution < -0.4 is 20.3 Å². The summed E-state index contributed by atoms with van der Waals surface area (Å²) in [4.78, 5) is 17.9. The zero-order valence-electron chi connectivity index (χ0n) is 17.7. The number of nitrogens with zero attached hydrogens (tertiary/aromatic N) is 2. The number of ether oxygens (including phenoxy) is 2. The highest BCUT2D eigenvalue weighted by atomic mass is 19.1. The van der Waals surface area contributed by atoms with Crippen LogP contribution in [0.15, 0.2) is 41.4 Å². The molecule has 0 aromatic heterocycles. The summed E-state index contributed by atoms with van der Waals surface area (Å²) in [5, 5.41) is 6.47. The number of hydrogen-bond acceptors (Lipinski definition) is 5. The van der Waals surface area contributed by atoms with Gasteiger partial charge in [0.15, 0.2) is 5.96 Å². The topological polar surface area (TPSA) is 75.2 Å². The van der Waals surface area contributed by atoms with E-state index in [0.717, 1.165) is 5.56 Å². The molecule has 1 saturated heterocycles. The van der Waals surface area contributed by atoms with Gasteiger partial charge in [-0.1, -0.05) is 12.1 Å². The lowest BCUT2D eigenvalue weighted by molar-refractivity contribution is 0.0597. The number of rotatable bonds is 6. The Kier molecular flexibility index (Phi) is 7.28. The molecule has 0 amide bonds. The fourth-order valence-electron chi connectivity index (χ4n) is 3.58.